The Bertz CT molecular complexity index is 574. The van der Waals surface area contributed by atoms with E-state index >= 15 is 0 Å². The van der Waals surface area contributed by atoms with Gasteiger partial charge in [-0.05, 0) is 12.1 Å². The van der Waals surface area contributed by atoms with E-state index in [0.29, 0.717) is 23.1 Å². The number of carbonyl (C=O) groups is 1. The normalized spacial score (nSPS) is 10.3. The second-order valence-electron chi connectivity index (χ2n) is 3.81. The van der Waals surface area contributed by atoms with E-state index in [1.54, 1.807) is 20.1 Å². The number of aliphatic carboxylic acids is 1. The fraction of sp³-hybridized carbons (Fsp3) is 0.231. The van der Waals surface area contributed by atoms with Gasteiger partial charge < -0.3 is 14.3 Å². The average Bonchev–Trinajstić information content (AvgIpc) is 2.69. The monoisotopic (exact) mass is 247 g/mol. The number of aromatic nitrogens is 1. The molecular weight excluding hydrogens is 234 g/mol. The Balaban J connectivity index is 2.45. The van der Waals surface area contributed by atoms with Crippen LogP contribution in [0.1, 0.15) is 11.7 Å². The number of ether oxygens (including phenoxy) is 1. The standard InChI is InChI=1S/C13H13NO4/c1-8-14-13(11(18-8)7-12(15)16)9-4-3-5-10(6-9)17-2/h3-6H,7H2,1-2H3,(H,15,16). The molecule has 1 heterocycles. The lowest BCUT2D eigenvalue weighted by Gasteiger charge is -2.02. The highest BCUT2D eigenvalue weighted by Gasteiger charge is 2.16. The first-order valence-electron chi connectivity index (χ1n) is 5.42. The first kappa shape index (κ1) is 12.2. The van der Waals surface area contributed by atoms with Gasteiger partial charge in [-0.1, -0.05) is 12.1 Å². The highest BCUT2D eigenvalue weighted by molar-refractivity contribution is 5.73. The Hall–Kier alpha value is -2.30. The Labute approximate surface area is 104 Å². The van der Waals surface area contributed by atoms with Crippen LogP contribution in [0.4, 0.5) is 0 Å². The van der Waals surface area contributed by atoms with Gasteiger partial charge in [-0.3, -0.25) is 4.79 Å². The Kier molecular flexibility index (Phi) is 3.32. The summed E-state index contributed by atoms with van der Waals surface area (Å²) in [6.07, 6.45) is -0.187. The van der Waals surface area contributed by atoms with Crippen molar-refractivity contribution >= 4 is 5.97 Å². The van der Waals surface area contributed by atoms with Crippen LogP contribution in [0, 0.1) is 6.92 Å². The van der Waals surface area contributed by atoms with Crippen molar-refractivity contribution in [3.05, 3.63) is 35.9 Å². The summed E-state index contributed by atoms with van der Waals surface area (Å²) in [6, 6.07) is 7.27. The number of rotatable bonds is 4. The molecule has 1 aromatic carbocycles. The molecule has 0 atom stereocenters. The van der Waals surface area contributed by atoms with E-state index in [2.05, 4.69) is 4.98 Å². The van der Waals surface area contributed by atoms with Crippen LogP contribution in [-0.4, -0.2) is 23.2 Å². The largest absolute Gasteiger partial charge is 0.497 e. The third-order valence-corrected chi connectivity index (χ3v) is 2.46. The van der Waals surface area contributed by atoms with Gasteiger partial charge in [-0.2, -0.15) is 0 Å². The molecule has 0 fully saturated rings. The van der Waals surface area contributed by atoms with Crippen LogP contribution in [0.5, 0.6) is 5.75 Å². The summed E-state index contributed by atoms with van der Waals surface area (Å²) >= 11 is 0. The van der Waals surface area contributed by atoms with Gasteiger partial charge in [0.25, 0.3) is 0 Å². The number of hydrogen-bond donors (Lipinski definition) is 1. The maximum absolute atomic E-state index is 10.8. The van der Waals surface area contributed by atoms with E-state index < -0.39 is 5.97 Å². The molecule has 5 nitrogen and oxygen atoms in total. The second-order valence-corrected chi connectivity index (χ2v) is 3.81. The molecule has 1 aromatic heterocycles. The summed E-state index contributed by atoms with van der Waals surface area (Å²) in [4.78, 5) is 15.0. The van der Waals surface area contributed by atoms with Gasteiger partial charge in [-0.25, -0.2) is 4.98 Å². The SMILES string of the molecule is COc1cccc(-c2nc(C)oc2CC(=O)O)c1. The summed E-state index contributed by atoms with van der Waals surface area (Å²) in [5, 5.41) is 8.84. The van der Waals surface area contributed by atoms with Crippen molar-refractivity contribution in [1.29, 1.82) is 0 Å². The third kappa shape index (κ3) is 2.51. The lowest BCUT2D eigenvalue weighted by molar-refractivity contribution is -0.136. The van der Waals surface area contributed by atoms with E-state index in [4.69, 9.17) is 14.3 Å². The molecule has 0 aliphatic carbocycles. The van der Waals surface area contributed by atoms with Crippen molar-refractivity contribution in [2.45, 2.75) is 13.3 Å². The molecule has 0 aliphatic rings. The molecule has 0 bridgehead atoms. The van der Waals surface area contributed by atoms with Crippen molar-refractivity contribution in [2.24, 2.45) is 0 Å². The minimum absolute atomic E-state index is 0.187. The van der Waals surface area contributed by atoms with Crippen LogP contribution >= 0.6 is 0 Å². The first-order chi connectivity index (χ1) is 8.60. The third-order valence-electron chi connectivity index (χ3n) is 2.46. The van der Waals surface area contributed by atoms with E-state index in [1.807, 2.05) is 18.2 Å². The summed E-state index contributed by atoms with van der Waals surface area (Å²) in [5.74, 6) is 0.544. The van der Waals surface area contributed by atoms with Crippen molar-refractivity contribution in [3.8, 4) is 17.0 Å². The quantitative estimate of drug-likeness (QED) is 0.897. The summed E-state index contributed by atoms with van der Waals surface area (Å²) < 4.78 is 10.5. The zero-order chi connectivity index (χ0) is 13.1. The molecule has 0 unspecified atom stereocenters. The van der Waals surface area contributed by atoms with Crippen LogP contribution in [0.25, 0.3) is 11.3 Å². The number of carboxylic acid groups (broad SMARTS) is 1. The van der Waals surface area contributed by atoms with Gasteiger partial charge >= 0.3 is 5.97 Å². The molecule has 1 N–H and O–H groups in total. The Morgan fingerprint density at radius 1 is 1.50 bits per heavy atom. The minimum Gasteiger partial charge on any atom is -0.497 e. The molecule has 0 aliphatic heterocycles. The fourth-order valence-corrected chi connectivity index (χ4v) is 1.72. The maximum Gasteiger partial charge on any atom is 0.311 e. The van der Waals surface area contributed by atoms with Crippen LogP contribution in [0.15, 0.2) is 28.7 Å². The zero-order valence-corrected chi connectivity index (χ0v) is 10.1. The molecule has 0 spiro atoms. The van der Waals surface area contributed by atoms with Crippen LogP contribution in [-0.2, 0) is 11.2 Å². The molecule has 94 valence electrons. The molecule has 2 rings (SSSR count). The lowest BCUT2D eigenvalue weighted by atomic mass is 10.1. The van der Waals surface area contributed by atoms with Crippen LogP contribution < -0.4 is 4.74 Å². The topological polar surface area (TPSA) is 72.6 Å². The molecule has 2 aromatic rings. The first-order valence-corrected chi connectivity index (χ1v) is 5.42. The number of hydrogen-bond acceptors (Lipinski definition) is 4. The van der Waals surface area contributed by atoms with Gasteiger partial charge in [0.2, 0.25) is 0 Å². The Morgan fingerprint density at radius 2 is 2.28 bits per heavy atom. The van der Waals surface area contributed by atoms with Gasteiger partial charge in [0.1, 0.15) is 23.6 Å². The highest BCUT2D eigenvalue weighted by Crippen LogP contribution is 2.27. The second kappa shape index (κ2) is 4.91. The Morgan fingerprint density at radius 3 is 2.94 bits per heavy atom. The molecular formula is C13H13NO4. The number of aryl methyl sites for hydroxylation is 1. The number of nitrogens with zero attached hydrogens (tertiary/aromatic N) is 1. The molecule has 0 saturated carbocycles. The van der Waals surface area contributed by atoms with Crippen LogP contribution in [0.3, 0.4) is 0 Å². The molecule has 0 radical (unpaired) electrons. The van der Waals surface area contributed by atoms with E-state index in [0.717, 1.165) is 5.56 Å². The lowest BCUT2D eigenvalue weighted by Crippen LogP contribution is -2.00. The highest BCUT2D eigenvalue weighted by atomic mass is 16.5. The van der Waals surface area contributed by atoms with E-state index in [1.165, 1.54) is 0 Å². The van der Waals surface area contributed by atoms with Crippen molar-refractivity contribution in [1.82, 2.24) is 4.98 Å². The summed E-state index contributed by atoms with van der Waals surface area (Å²) in [6.45, 7) is 1.69. The van der Waals surface area contributed by atoms with Gasteiger partial charge in [0.05, 0.1) is 7.11 Å². The minimum atomic E-state index is -0.949. The van der Waals surface area contributed by atoms with E-state index in [9.17, 15) is 4.79 Å². The number of carboxylic acids is 1. The molecule has 0 saturated heterocycles. The number of benzene rings is 1. The molecule has 5 heteroatoms. The predicted molar refractivity (Wildman–Crippen MR) is 64.6 cm³/mol. The van der Waals surface area contributed by atoms with Crippen molar-refractivity contribution in [2.75, 3.05) is 7.11 Å². The zero-order valence-electron chi connectivity index (χ0n) is 10.1. The summed E-state index contributed by atoms with van der Waals surface area (Å²) in [7, 11) is 1.57. The summed E-state index contributed by atoms with van der Waals surface area (Å²) in [5.41, 5.74) is 1.33. The average molecular weight is 247 g/mol. The number of methoxy groups -OCH3 is 1. The van der Waals surface area contributed by atoms with Crippen LogP contribution in [0.2, 0.25) is 0 Å². The fourth-order valence-electron chi connectivity index (χ4n) is 1.72. The van der Waals surface area contributed by atoms with Gasteiger partial charge in [0, 0.05) is 12.5 Å². The predicted octanol–water partition coefficient (Wildman–Crippen LogP) is 2.29. The van der Waals surface area contributed by atoms with Gasteiger partial charge in [-0.15, -0.1) is 0 Å². The maximum atomic E-state index is 10.8. The van der Waals surface area contributed by atoms with Gasteiger partial charge in [0.15, 0.2) is 5.89 Å². The van der Waals surface area contributed by atoms with E-state index in [-0.39, 0.29) is 6.42 Å². The number of oxazole rings is 1. The molecule has 0 amide bonds. The van der Waals surface area contributed by atoms with Crippen molar-refractivity contribution < 1.29 is 19.1 Å². The smallest absolute Gasteiger partial charge is 0.311 e. The van der Waals surface area contributed by atoms with Crippen molar-refractivity contribution in [3.63, 3.8) is 0 Å². The molecule has 18 heavy (non-hydrogen) atoms.